The van der Waals surface area contributed by atoms with Gasteiger partial charge in [-0.2, -0.15) is 0 Å². The molecule has 1 unspecified atom stereocenters. The van der Waals surface area contributed by atoms with E-state index in [4.69, 9.17) is 4.84 Å². The van der Waals surface area contributed by atoms with Gasteiger partial charge >= 0.3 is 0 Å². The third-order valence-electron chi connectivity index (χ3n) is 2.32. The third kappa shape index (κ3) is 3.46. The number of H-pyrrole nitrogens is 1. The second-order valence-electron chi connectivity index (χ2n) is 3.97. The van der Waals surface area contributed by atoms with Gasteiger partial charge in [-0.15, -0.1) is 5.10 Å². The molecule has 0 saturated carbocycles. The number of hydrogen-bond donors (Lipinski definition) is 2. The van der Waals surface area contributed by atoms with Crippen molar-refractivity contribution in [3.8, 4) is 0 Å². The Morgan fingerprint density at radius 2 is 2.44 bits per heavy atom. The molecule has 8 heteroatoms. The number of nitrogens with zero attached hydrogens (tertiary/aromatic N) is 3. The topological polar surface area (TPSA) is 92.3 Å². The van der Waals surface area contributed by atoms with E-state index in [-0.39, 0.29) is 5.91 Å². The van der Waals surface area contributed by atoms with Gasteiger partial charge in [0.15, 0.2) is 0 Å². The molecule has 7 nitrogen and oxygen atoms in total. The zero-order valence-electron chi connectivity index (χ0n) is 10.3. The van der Waals surface area contributed by atoms with Crippen LogP contribution >= 0.6 is 11.8 Å². The highest BCUT2D eigenvalue weighted by Gasteiger charge is 2.25. The van der Waals surface area contributed by atoms with E-state index < -0.39 is 6.10 Å². The summed E-state index contributed by atoms with van der Waals surface area (Å²) in [6.07, 6.45) is 0.0970. The van der Waals surface area contributed by atoms with Crippen molar-refractivity contribution in [3.05, 3.63) is 5.82 Å². The number of thioether (sulfide) groups is 1. The van der Waals surface area contributed by atoms with Crippen LogP contribution in [-0.4, -0.2) is 45.2 Å². The van der Waals surface area contributed by atoms with E-state index >= 15 is 0 Å². The van der Waals surface area contributed by atoms with E-state index in [0.717, 1.165) is 17.3 Å². The lowest BCUT2D eigenvalue weighted by Crippen LogP contribution is -2.35. The molecule has 98 valence electrons. The van der Waals surface area contributed by atoms with Crippen LogP contribution in [0.1, 0.15) is 19.2 Å². The minimum absolute atomic E-state index is 0.123. The van der Waals surface area contributed by atoms with Gasteiger partial charge < -0.3 is 10.2 Å². The van der Waals surface area contributed by atoms with E-state index in [1.165, 1.54) is 11.8 Å². The molecule has 0 aromatic carbocycles. The number of oxime groups is 1. The van der Waals surface area contributed by atoms with Crippen molar-refractivity contribution in [2.24, 2.45) is 5.16 Å². The van der Waals surface area contributed by atoms with Gasteiger partial charge in [-0.1, -0.05) is 16.9 Å². The molecular weight excluding hydrogens is 254 g/mol. The molecule has 18 heavy (non-hydrogen) atoms. The van der Waals surface area contributed by atoms with Crippen LogP contribution < -0.4 is 5.32 Å². The number of nitrogens with one attached hydrogen (secondary N) is 2. The lowest BCUT2D eigenvalue weighted by molar-refractivity contribution is -0.131. The smallest absolute Gasteiger partial charge is 0.264 e. The number of amides is 1. The van der Waals surface area contributed by atoms with E-state index in [1.807, 2.05) is 13.8 Å². The molecule has 1 amide bonds. The molecule has 1 aromatic rings. The molecule has 1 aliphatic heterocycles. The number of aromatic nitrogens is 3. The van der Waals surface area contributed by atoms with Gasteiger partial charge in [-0.05, 0) is 13.8 Å². The molecule has 1 aliphatic rings. The molecule has 0 radical (unpaired) electrons. The first-order chi connectivity index (χ1) is 8.65. The summed E-state index contributed by atoms with van der Waals surface area (Å²) in [4.78, 5) is 20.8. The summed E-state index contributed by atoms with van der Waals surface area (Å²) in [5.41, 5.74) is 0.848. The monoisotopic (exact) mass is 269 g/mol. The number of carbonyl (C=O) groups is 1. The molecular formula is C10H15N5O2S. The number of aryl methyl sites for hydroxylation is 1. The van der Waals surface area contributed by atoms with Gasteiger partial charge in [0.1, 0.15) is 5.82 Å². The second kappa shape index (κ2) is 5.85. The Bertz CT molecular complexity index is 459. The van der Waals surface area contributed by atoms with Crippen LogP contribution in [0, 0.1) is 6.92 Å². The van der Waals surface area contributed by atoms with Gasteiger partial charge in [0.05, 0.1) is 5.71 Å². The van der Waals surface area contributed by atoms with Crippen LogP contribution in [0.5, 0.6) is 0 Å². The molecule has 1 aromatic heterocycles. The van der Waals surface area contributed by atoms with Crippen LogP contribution in [-0.2, 0) is 9.63 Å². The Balaban J connectivity index is 1.62. The summed E-state index contributed by atoms with van der Waals surface area (Å²) in [7, 11) is 0. The lowest BCUT2D eigenvalue weighted by Gasteiger charge is -2.08. The Hall–Kier alpha value is -1.57. The largest absolute Gasteiger partial charge is 0.382 e. The molecule has 1 atom stereocenters. The molecule has 2 heterocycles. The fourth-order valence-electron chi connectivity index (χ4n) is 1.45. The lowest BCUT2D eigenvalue weighted by atomic mass is 10.2. The molecule has 0 aliphatic carbocycles. The predicted molar refractivity (Wildman–Crippen MR) is 67.5 cm³/mol. The fraction of sp³-hybridized carbons (Fsp3) is 0.600. The minimum Gasteiger partial charge on any atom is -0.382 e. The van der Waals surface area contributed by atoms with Gasteiger partial charge in [0, 0.05) is 18.7 Å². The summed E-state index contributed by atoms with van der Waals surface area (Å²) in [5, 5.41) is 14.0. The third-order valence-corrected chi connectivity index (χ3v) is 3.17. The Labute approximate surface area is 109 Å². The predicted octanol–water partition coefficient (Wildman–Crippen LogP) is 0.486. The van der Waals surface area contributed by atoms with Gasteiger partial charge in [-0.25, -0.2) is 4.98 Å². The van der Waals surface area contributed by atoms with Crippen LogP contribution in [0.4, 0.5) is 0 Å². The van der Waals surface area contributed by atoms with Gasteiger partial charge in [0.25, 0.3) is 5.91 Å². The quantitative estimate of drug-likeness (QED) is 0.599. The van der Waals surface area contributed by atoms with Crippen molar-refractivity contribution >= 4 is 23.4 Å². The molecule has 0 bridgehead atoms. The van der Waals surface area contributed by atoms with Crippen LogP contribution in [0.2, 0.25) is 0 Å². The summed E-state index contributed by atoms with van der Waals surface area (Å²) in [6, 6.07) is 0. The summed E-state index contributed by atoms with van der Waals surface area (Å²) in [5.74, 6) is 1.38. The van der Waals surface area contributed by atoms with Crippen molar-refractivity contribution < 1.29 is 9.63 Å². The molecule has 0 fully saturated rings. The van der Waals surface area contributed by atoms with Crippen molar-refractivity contribution in [1.82, 2.24) is 20.5 Å². The number of hydrogen-bond acceptors (Lipinski definition) is 6. The second-order valence-corrected chi connectivity index (χ2v) is 5.03. The molecule has 2 rings (SSSR count). The SMILES string of the molecule is CC1=NOC(C(=O)NCCSc2n[nH]c(C)n2)C1. The highest BCUT2D eigenvalue weighted by Crippen LogP contribution is 2.12. The maximum absolute atomic E-state index is 11.7. The normalized spacial score (nSPS) is 18.3. The van der Waals surface area contributed by atoms with E-state index in [2.05, 4.69) is 25.7 Å². The van der Waals surface area contributed by atoms with Crippen LogP contribution in [0.15, 0.2) is 10.3 Å². The summed E-state index contributed by atoms with van der Waals surface area (Å²) < 4.78 is 0. The maximum atomic E-state index is 11.7. The molecule has 0 saturated heterocycles. The van der Waals surface area contributed by atoms with Crippen molar-refractivity contribution in [2.75, 3.05) is 12.3 Å². The van der Waals surface area contributed by atoms with Crippen molar-refractivity contribution in [2.45, 2.75) is 31.5 Å². The van der Waals surface area contributed by atoms with Crippen LogP contribution in [0.3, 0.4) is 0 Å². The minimum atomic E-state index is -0.472. The first-order valence-electron chi connectivity index (χ1n) is 5.64. The summed E-state index contributed by atoms with van der Waals surface area (Å²) in [6.45, 7) is 4.24. The molecule has 0 spiro atoms. The Morgan fingerprint density at radius 3 is 3.06 bits per heavy atom. The number of aromatic amines is 1. The standard InChI is InChI=1S/C10H15N5O2S/c1-6-5-8(17-15-6)9(16)11-3-4-18-10-12-7(2)13-14-10/h8H,3-5H2,1-2H3,(H,11,16)(H,12,13,14). The van der Waals surface area contributed by atoms with Gasteiger partial charge in [-0.3, -0.25) is 9.89 Å². The van der Waals surface area contributed by atoms with Crippen LogP contribution in [0.25, 0.3) is 0 Å². The highest BCUT2D eigenvalue weighted by atomic mass is 32.2. The zero-order chi connectivity index (χ0) is 13.0. The maximum Gasteiger partial charge on any atom is 0.264 e. The van der Waals surface area contributed by atoms with E-state index in [0.29, 0.717) is 18.1 Å². The first kappa shape index (κ1) is 12.9. The number of carbonyl (C=O) groups excluding carboxylic acids is 1. The Morgan fingerprint density at radius 1 is 1.61 bits per heavy atom. The van der Waals surface area contributed by atoms with E-state index in [9.17, 15) is 4.79 Å². The van der Waals surface area contributed by atoms with Crippen molar-refractivity contribution in [1.29, 1.82) is 0 Å². The molecule has 2 N–H and O–H groups in total. The van der Waals surface area contributed by atoms with Crippen molar-refractivity contribution in [3.63, 3.8) is 0 Å². The fourth-order valence-corrected chi connectivity index (χ4v) is 2.15. The highest BCUT2D eigenvalue weighted by molar-refractivity contribution is 7.99. The average Bonchev–Trinajstić information content (AvgIpc) is 2.93. The van der Waals surface area contributed by atoms with E-state index in [1.54, 1.807) is 0 Å². The first-order valence-corrected chi connectivity index (χ1v) is 6.62. The zero-order valence-corrected chi connectivity index (χ0v) is 11.1. The average molecular weight is 269 g/mol. The number of rotatable bonds is 5. The van der Waals surface area contributed by atoms with Gasteiger partial charge in [0.2, 0.25) is 11.3 Å². The Kier molecular flexibility index (Phi) is 4.19. The summed E-state index contributed by atoms with van der Waals surface area (Å²) >= 11 is 1.49.